The molecule has 0 bridgehead atoms. The number of carbonyl (C=O) groups excluding carboxylic acids is 2. The molecule has 8 nitrogen and oxygen atoms in total. The molecule has 1 aliphatic carbocycles. The fraction of sp³-hybridized carbons (Fsp3) is 0.417. The van der Waals surface area contributed by atoms with Gasteiger partial charge in [0.05, 0.1) is 0 Å². The van der Waals surface area contributed by atoms with Crippen LogP contribution < -0.4 is 10.6 Å². The molecule has 1 unspecified atom stereocenters. The molecule has 2 aromatic rings. The smallest absolute Gasteiger partial charge is 0.287 e. The summed E-state index contributed by atoms with van der Waals surface area (Å²) >= 11 is 0. The Morgan fingerprint density at radius 1 is 1.18 bits per heavy atom. The summed E-state index contributed by atoms with van der Waals surface area (Å²) in [6.45, 7) is 4.17. The summed E-state index contributed by atoms with van der Waals surface area (Å²) in [5, 5.41) is 5.44. The van der Waals surface area contributed by atoms with Crippen LogP contribution in [0.15, 0.2) is 64.6 Å². The van der Waals surface area contributed by atoms with Crippen molar-refractivity contribution >= 4 is 21.8 Å². The molecule has 1 atom stereocenters. The topological polar surface area (TPSA) is 109 Å². The molecule has 1 aliphatic heterocycles. The van der Waals surface area contributed by atoms with E-state index in [4.69, 9.17) is 4.42 Å². The first-order chi connectivity index (χ1) is 15.8. The Hall–Kier alpha value is -2.91. The summed E-state index contributed by atoms with van der Waals surface area (Å²) in [4.78, 5) is 24.2. The van der Waals surface area contributed by atoms with Crippen LogP contribution in [0.4, 0.5) is 0 Å². The molecule has 4 rings (SSSR count). The van der Waals surface area contributed by atoms with Crippen LogP contribution in [0.1, 0.15) is 48.2 Å². The highest BCUT2D eigenvalue weighted by atomic mass is 32.2. The Balaban J connectivity index is 1.42. The van der Waals surface area contributed by atoms with E-state index in [9.17, 15) is 18.0 Å². The zero-order valence-corrected chi connectivity index (χ0v) is 19.3. The van der Waals surface area contributed by atoms with Gasteiger partial charge in [-0.25, -0.2) is 8.42 Å². The van der Waals surface area contributed by atoms with Crippen LogP contribution >= 0.6 is 0 Å². The van der Waals surface area contributed by atoms with E-state index in [0.717, 1.165) is 24.8 Å². The maximum atomic E-state index is 13.4. The van der Waals surface area contributed by atoms with Gasteiger partial charge in [0.25, 0.3) is 15.9 Å². The molecule has 1 spiro atoms. The summed E-state index contributed by atoms with van der Waals surface area (Å²) in [5.41, 5.74) is 0.570. The number of furan rings is 1. The number of carbonyl (C=O) groups is 2. The second-order valence-electron chi connectivity index (χ2n) is 8.67. The van der Waals surface area contributed by atoms with Gasteiger partial charge in [-0.1, -0.05) is 36.9 Å². The quantitative estimate of drug-likeness (QED) is 0.576. The van der Waals surface area contributed by atoms with Gasteiger partial charge in [-0.15, -0.1) is 0 Å². The average molecular weight is 472 g/mol. The lowest BCUT2D eigenvalue weighted by Crippen LogP contribution is -2.63. The van der Waals surface area contributed by atoms with Crippen molar-refractivity contribution < 1.29 is 22.4 Å². The number of benzene rings is 1. The fourth-order valence-corrected chi connectivity index (χ4v) is 6.48. The zero-order chi connectivity index (χ0) is 23.5. The molecule has 2 heterocycles. The highest BCUT2D eigenvalue weighted by Crippen LogP contribution is 2.47. The number of nitrogens with zero attached hydrogens (tertiary/aromatic N) is 1. The van der Waals surface area contributed by atoms with Crippen LogP contribution in [0.2, 0.25) is 0 Å². The summed E-state index contributed by atoms with van der Waals surface area (Å²) in [6, 6.07) is 12.4. The minimum Gasteiger partial charge on any atom is -0.438 e. The molecule has 2 fully saturated rings. The van der Waals surface area contributed by atoms with E-state index < -0.39 is 21.5 Å². The predicted molar refractivity (Wildman–Crippen MR) is 123 cm³/mol. The second-order valence-corrected chi connectivity index (χ2v) is 10.5. The van der Waals surface area contributed by atoms with E-state index in [1.54, 1.807) is 0 Å². The number of rotatable bonds is 8. The SMILES string of the molecule is C=CC(=O)NC1CCN(S(=O)(=O)c2ccc(C(=O)NCCc3ccccc3)o2)C2(CCC2)C1. The van der Waals surface area contributed by atoms with Crippen LogP contribution in [-0.4, -0.2) is 49.2 Å². The van der Waals surface area contributed by atoms with Crippen LogP contribution in [0.3, 0.4) is 0 Å². The second kappa shape index (κ2) is 9.52. The monoisotopic (exact) mass is 471 g/mol. The molecular formula is C24H29N3O5S. The van der Waals surface area contributed by atoms with Gasteiger partial charge in [-0.05, 0) is 62.3 Å². The zero-order valence-electron chi connectivity index (χ0n) is 18.5. The van der Waals surface area contributed by atoms with Crippen molar-refractivity contribution in [2.45, 2.75) is 55.2 Å². The number of nitrogens with one attached hydrogen (secondary N) is 2. The third kappa shape index (κ3) is 4.89. The van der Waals surface area contributed by atoms with Crippen LogP contribution in [0.5, 0.6) is 0 Å². The Labute approximate surface area is 194 Å². The normalized spacial score (nSPS) is 20.1. The highest BCUT2D eigenvalue weighted by molar-refractivity contribution is 7.89. The minimum absolute atomic E-state index is 0.0302. The molecule has 1 aromatic carbocycles. The Bertz CT molecular complexity index is 1120. The first-order valence-electron chi connectivity index (χ1n) is 11.2. The molecular weight excluding hydrogens is 442 g/mol. The lowest BCUT2D eigenvalue weighted by Gasteiger charge is -2.53. The van der Waals surface area contributed by atoms with Gasteiger partial charge in [-0.3, -0.25) is 9.59 Å². The highest BCUT2D eigenvalue weighted by Gasteiger charge is 2.52. The maximum Gasteiger partial charge on any atom is 0.287 e. The van der Waals surface area contributed by atoms with E-state index in [1.165, 1.54) is 22.5 Å². The molecule has 1 saturated carbocycles. The minimum atomic E-state index is -3.91. The van der Waals surface area contributed by atoms with Gasteiger partial charge in [-0.2, -0.15) is 4.31 Å². The predicted octanol–water partition coefficient (Wildman–Crippen LogP) is 2.63. The standard InChI is InChI=1S/C24H29N3O5S/c1-2-21(28)26-19-12-16-27(24(17-19)13-6-14-24)33(30,31)22-10-9-20(32-22)23(29)25-15-11-18-7-4-3-5-8-18/h2-5,7-10,19H,1,6,11-17H2,(H,25,29)(H,26,28). The van der Waals surface area contributed by atoms with Gasteiger partial charge in [0.15, 0.2) is 5.76 Å². The number of sulfonamides is 1. The van der Waals surface area contributed by atoms with E-state index in [0.29, 0.717) is 25.8 Å². The van der Waals surface area contributed by atoms with Crippen molar-refractivity contribution in [2.24, 2.45) is 0 Å². The van der Waals surface area contributed by atoms with Gasteiger partial charge >= 0.3 is 0 Å². The molecule has 1 saturated heterocycles. The van der Waals surface area contributed by atoms with Gasteiger partial charge in [0.1, 0.15) is 0 Å². The van der Waals surface area contributed by atoms with Crippen molar-refractivity contribution in [3.8, 4) is 0 Å². The van der Waals surface area contributed by atoms with Gasteiger partial charge in [0.2, 0.25) is 11.0 Å². The largest absolute Gasteiger partial charge is 0.438 e. The van der Waals surface area contributed by atoms with Crippen LogP contribution in [0, 0.1) is 0 Å². The molecule has 2 amide bonds. The summed E-state index contributed by atoms with van der Waals surface area (Å²) in [5.74, 6) is -0.728. The lowest BCUT2D eigenvalue weighted by atomic mass is 9.70. The molecule has 2 aliphatic rings. The average Bonchev–Trinajstić information content (AvgIpc) is 3.30. The van der Waals surface area contributed by atoms with E-state index >= 15 is 0 Å². The summed E-state index contributed by atoms with van der Waals surface area (Å²) < 4.78 is 33.8. The van der Waals surface area contributed by atoms with Crippen molar-refractivity contribution in [2.75, 3.05) is 13.1 Å². The number of amides is 2. The number of piperidine rings is 1. The van der Waals surface area contributed by atoms with E-state index in [1.807, 2.05) is 30.3 Å². The van der Waals surface area contributed by atoms with Crippen molar-refractivity contribution in [3.63, 3.8) is 0 Å². The molecule has 33 heavy (non-hydrogen) atoms. The third-order valence-corrected chi connectivity index (χ3v) is 8.42. The van der Waals surface area contributed by atoms with E-state index in [2.05, 4.69) is 17.2 Å². The van der Waals surface area contributed by atoms with Gasteiger partial charge in [0, 0.05) is 24.7 Å². The third-order valence-electron chi connectivity index (χ3n) is 6.54. The van der Waals surface area contributed by atoms with Gasteiger partial charge < -0.3 is 15.1 Å². The van der Waals surface area contributed by atoms with E-state index in [-0.39, 0.29) is 29.3 Å². The summed E-state index contributed by atoms with van der Waals surface area (Å²) in [7, 11) is -3.91. The molecule has 9 heteroatoms. The van der Waals surface area contributed by atoms with Crippen molar-refractivity contribution in [1.82, 2.24) is 14.9 Å². The first-order valence-corrected chi connectivity index (χ1v) is 12.7. The Kier molecular flexibility index (Phi) is 6.71. The molecule has 2 N–H and O–H groups in total. The van der Waals surface area contributed by atoms with Crippen LogP contribution in [-0.2, 0) is 21.2 Å². The number of hydrogen-bond acceptors (Lipinski definition) is 5. The molecule has 176 valence electrons. The Morgan fingerprint density at radius 2 is 1.94 bits per heavy atom. The van der Waals surface area contributed by atoms with Crippen molar-refractivity contribution in [1.29, 1.82) is 0 Å². The van der Waals surface area contributed by atoms with Crippen LogP contribution in [0.25, 0.3) is 0 Å². The Morgan fingerprint density at radius 3 is 2.61 bits per heavy atom. The van der Waals surface area contributed by atoms with Crippen molar-refractivity contribution in [3.05, 3.63) is 66.4 Å². The fourth-order valence-electron chi connectivity index (χ4n) is 4.71. The number of hydrogen-bond donors (Lipinski definition) is 2. The summed E-state index contributed by atoms with van der Waals surface area (Å²) in [6.07, 6.45) is 5.36. The first kappa shape index (κ1) is 23.3. The molecule has 0 radical (unpaired) electrons. The molecule has 1 aromatic heterocycles. The lowest BCUT2D eigenvalue weighted by molar-refractivity contribution is -0.117. The maximum absolute atomic E-state index is 13.4.